The van der Waals surface area contributed by atoms with Crippen LogP contribution in [0.4, 0.5) is 5.82 Å². The lowest BCUT2D eigenvalue weighted by molar-refractivity contribution is 0.586. The fraction of sp³-hybridized carbons (Fsp3) is 0.214. The summed E-state index contributed by atoms with van der Waals surface area (Å²) < 4.78 is 51.8. The molecule has 1 atom stereocenters. The van der Waals surface area contributed by atoms with Gasteiger partial charge in [-0.2, -0.15) is 0 Å². The predicted molar refractivity (Wildman–Crippen MR) is 82.8 cm³/mol. The standard InChI is InChI=1S/C14H14N2O4S2/c1-10-5-4-8-15-14(10)16-22(19,20)13-9-21(17,18)12-7-3-2-6-11(12)13/h2-8,13H,9H2,1H3,(H,15,16). The number of sulfonamides is 1. The van der Waals surface area contributed by atoms with Gasteiger partial charge in [-0.05, 0) is 30.2 Å². The van der Waals surface area contributed by atoms with Gasteiger partial charge >= 0.3 is 0 Å². The zero-order chi connectivity index (χ0) is 16.0. The molecule has 116 valence electrons. The van der Waals surface area contributed by atoms with E-state index in [0.29, 0.717) is 11.1 Å². The number of aryl methyl sites for hydroxylation is 1. The highest BCUT2D eigenvalue weighted by atomic mass is 32.2. The fourth-order valence-corrected chi connectivity index (χ4v) is 6.57. The number of nitrogens with one attached hydrogen (secondary N) is 1. The van der Waals surface area contributed by atoms with E-state index in [1.54, 1.807) is 31.2 Å². The molecule has 0 bridgehead atoms. The number of hydrogen-bond acceptors (Lipinski definition) is 5. The number of nitrogens with zero attached hydrogens (tertiary/aromatic N) is 1. The average molecular weight is 338 g/mol. The number of rotatable bonds is 3. The second-order valence-corrected chi connectivity index (χ2v) is 8.99. The van der Waals surface area contributed by atoms with Crippen LogP contribution in [0.2, 0.25) is 0 Å². The molecule has 1 aliphatic heterocycles. The van der Waals surface area contributed by atoms with Crippen LogP contribution in [-0.4, -0.2) is 27.6 Å². The first kappa shape index (κ1) is 15.0. The molecule has 3 rings (SSSR count). The normalized spacial score (nSPS) is 19.6. The molecule has 1 aliphatic rings. The molecule has 2 aromatic rings. The smallest absolute Gasteiger partial charge is 0.242 e. The van der Waals surface area contributed by atoms with Crippen molar-refractivity contribution in [3.63, 3.8) is 0 Å². The van der Waals surface area contributed by atoms with Gasteiger partial charge in [-0.3, -0.25) is 4.72 Å². The molecule has 22 heavy (non-hydrogen) atoms. The lowest BCUT2D eigenvalue weighted by Gasteiger charge is -2.14. The van der Waals surface area contributed by atoms with Crippen LogP contribution in [0, 0.1) is 6.92 Å². The average Bonchev–Trinajstić information content (AvgIpc) is 2.75. The van der Waals surface area contributed by atoms with Gasteiger partial charge in [-0.25, -0.2) is 21.8 Å². The highest BCUT2D eigenvalue weighted by Crippen LogP contribution is 2.38. The molecular weight excluding hydrogens is 324 g/mol. The first-order valence-electron chi connectivity index (χ1n) is 6.56. The van der Waals surface area contributed by atoms with Gasteiger partial charge < -0.3 is 0 Å². The summed E-state index contributed by atoms with van der Waals surface area (Å²) in [6.07, 6.45) is 1.48. The fourth-order valence-electron chi connectivity index (χ4n) is 2.46. The Morgan fingerprint density at radius 1 is 1.18 bits per heavy atom. The van der Waals surface area contributed by atoms with Gasteiger partial charge in [0.05, 0.1) is 10.6 Å². The van der Waals surface area contributed by atoms with E-state index in [-0.39, 0.29) is 10.7 Å². The third-order valence-electron chi connectivity index (χ3n) is 3.59. The number of sulfone groups is 1. The van der Waals surface area contributed by atoms with Crippen molar-refractivity contribution >= 4 is 25.7 Å². The van der Waals surface area contributed by atoms with Crippen molar-refractivity contribution < 1.29 is 16.8 Å². The minimum atomic E-state index is -3.91. The summed E-state index contributed by atoms with van der Waals surface area (Å²) in [6.45, 7) is 1.73. The van der Waals surface area contributed by atoms with E-state index in [1.807, 2.05) is 0 Å². The molecule has 0 spiro atoms. The summed E-state index contributed by atoms with van der Waals surface area (Å²) in [6, 6.07) is 9.61. The molecule has 0 radical (unpaired) electrons. The van der Waals surface area contributed by atoms with Crippen molar-refractivity contribution in [3.8, 4) is 0 Å². The molecule has 0 fully saturated rings. The van der Waals surface area contributed by atoms with Gasteiger partial charge in [0, 0.05) is 6.20 Å². The summed E-state index contributed by atoms with van der Waals surface area (Å²) in [5, 5.41) is -1.13. The van der Waals surface area contributed by atoms with E-state index in [9.17, 15) is 16.8 Å². The van der Waals surface area contributed by atoms with Crippen molar-refractivity contribution in [2.24, 2.45) is 0 Å². The Bertz CT molecular complexity index is 937. The number of hydrogen-bond donors (Lipinski definition) is 1. The quantitative estimate of drug-likeness (QED) is 0.919. The first-order valence-corrected chi connectivity index (χ1v) is 9.76. The monoisotopic (exact) mass is 338 g/mol. The molecule has 0 saturated heterocycles. The zero-order valence-corrected chi connectivity index (χ0v) is 13.4. The molecule has 0 saturated carbocycles. The topological polar surface area (TPSA) is 93.2 Å². The first-order chi connectivity index (χ1) is 10.3. The van der Waals surface area contributed by atoms with Crippen LogP contribution in [0.25, 0.3) is 0 Å². The Kier molecular flexibility index (Phi) is 3.45. The molecule has 1 N–H and O–H groups in total. The van der Waals surface area contributed by atoms with Crippen molar-refractivity contribution in [3.05, 3.63) is 53.7 Å². The van der Waals surface area contributed by atoms with Gasteiger partial charge in [0.15, 0.2) is 9.84 Å². The number of aromatic nitrogens is 1. The molecule has 2 heterocycles. The summed E-state index contributed by atoms with van der Waals surface area (Å²) in [5.41, 5.74) is 0.976. The minimum Gasteiger partial charge on any atom is -0.267 e. The number of pyridine rings is 1. The number of benzene rings is 1. The molecule has 0 amide bonds. The van der Waals surface area contributed by atoms with E-state index in [1.165, 1.54) is 18.3 Å². The van der Waals surface area contributed by atoms with E-state index in [4.69, 9.17) is 0 Å². The number of anilines is 1. The zero-order valence-electron chi connectivity index (χ0n) is 11.7. The molecule has 1 unspecified atom stereocenters. The Balaban J connectivity index is 2.03. The van der Waals surface area contributed by atoms with Crippen LogP contribution in [0.15, 0.2) is 47.5 Å². The third kappa shape index (κ3) is 2.48. The molecule has 1 aromatic heterocycles. The number of fused-ring (bicyclic) bond motifs is 1. The Labute approximate surface area is 129 Å². The Morgan fingerprint density at radius 2 is 1.91 bits per heavy atom. The summed E-state index contributed by atoms with van der Waals surface area (Å²) in [7, 11) is -7.49. The highest BCUT2D eigenvalue weighted by molar-refractivity contribution is 7.96. The maximum absolute atomic E-state index is 12.6. The van der Waals surface area contributed by atoms with E-state index in [2.05, 4.69) is 9.71 Å². The summed E-state index contributed by atoms with van der Waals surface area (Å²) in [5.74, 6) is -0.239. The van der Waals surface area contributed by atoms with Gasteiger partial charge in [0.1, 0.15) is 11.1 Å². The Morgan fingerprint density at radius 3 is 2.64 bits per heavy atom. The van der Waals surface area contributed by atoms with Crippen molar-refractivity contribution in [1.29, 1.82) is 0 Å². The van der Waals surface area contributed by atoms with Crippen LogP contribution in [0.1, 0.15) is 16.4 Å². The maximum Gasteiger partial charge on any atom is 0.242 e. The SMILES string of the molecule is Cc1cccnc1NS(=O)(=O)C1CS(=O)(=O)c2ccccc21. The maximum atomic E-state index is 12.6. The summed E-state index contributed by atoms with van der Waals surface area (Å²) in [4.78, 5) is 4.07. The highest BCUT2D eigenvalue weighted by Gasteiger charge is 2.42. The lowest BCUT2D eigenvalue weighted by Crippen LogP contribution is -2.23. The second kappa shape index (κ2) is 5.06. The largest absolute Gasteiger partial charge is 0.267 e. The van der Waals surface area contributed by atoms with Gasteiger partial charge in [0.25, 0.3) is 0 Å². The van der Waals surface area contributed by atoms with Crippen LogP contribution in [0.5, 0.6) is 0 Å². The molecule has 1 aromatic carbocycles. The van der Waals surface area contributed by atoms with Gasteiger partial charge in [-0.15, -0.1) is 0 Å². The third-order valence-corrected chi connectivity index (χ3v) is 7.27. The lowest BCUT2D eigenvalue weighted by atomic mass is 10.2. The molecular formula is C14H14N2O4S2. The summed E-state index contributed by atoms with van der Waals surface area (Å²) >= 11 is 0. The van der Waals surface area contributed by atoms with Crippen molar-refractivity contribution in [1.82, 2.24) is 4.98 Å². The van der Waals surface area contributed by atoms with Crippen LogP contribution >= 0.6 is 0 Å². The predicted octanol–water partition coefficient (Wildman–Crippen LogP) is 1.66. The second-order valence-electron chi connectivity index (χ2n) is 5.12. The molecule has 0 aliphatic carbocycles. The molecule has 8 heteroatoms. The van der Waals surface area contributed by atoms with Gasteiger partial charge in [-0.1, -0.05) is 24.3 Å². The van der Waals surface area contributed by atoms with E-state index < -0.39 is 30.9 Å². The Hall–Kier alpha value is -1.93. The van der Waals surface area contributed by atoms with Crippen molar-refractivity contribution in [2.45, 2.75) is 17.1 Å². The minimum absolute atomic E-state index is 0.0862. The molecule has 6 nitrogen and oxygen atoms in total. The van der Waals surface area contributed by atoms with E-state index in [0.717, 1.165) is 0 Å². The van der Waals surface area contributed by atoms with Gasteiger partial charge in [0.2, 0.25) is 10.0 Å². The van der Waals surface area contributed by atoms with E-state index >= 15 is 0 Å². The van der Waals surface area contributed by atoms with Crippen molar-refractivity contribution in [2.75, 3.05) is 10.5 Å². The van der Waals surface area contributed by atoms with Crippen LogP contribution in [0.3, 0.4) is 0 Å². The van der Waals surface area contributed by atoms with Crippen LogP contribution in [-0.2, 0) is 19.9 Å². The van der Waals surface area contributed by atoms with Crippen LogP contribution < -0.4 is 4.72 Å².